The predicted molar refractivity (Wildman–Crippen MR) is 89.0 cm³/mol. The molecule has 0 unspecified atom stereocenters. The molecule has 24 heavy (non-hydrogen) atoms. The molecule has 2 rings (SSSR count). The van der Waals surface area contributed by atoms with E-state index in [2.05, 4.69) is 0 Å². The molecule has 1 atom stereocenters. The third kappa shape index (κ3) is 5.15. The quantitative estimate of drug-likeness (QED) is 0.715. The topological polar surface area (TPSA) is 65.1 Å². The van der Waals surface area contributed by atoms with Crippen LogP contribution in [-0.4, -0.2) is 49.7 Å². The van der Waals surface area contributed by atoms with Gasteiger partial charge in [-0.25, -0.2) is 0 Å². The highest BCUT2D eigenvalue weighted by Gasteiger charge is 2.29. The highest BCUT2D eigenvalue weighted by Crippen LogP contribution is 2.20. The van der Waals surface area contributed by atoms with E-state index in [1.165, 1.54) is 0 Å². The van der Waals surface area contributed by atoms with Gasteiger partial charge in [-0.1, -0.05) is 0 Å². The van der Waals surface area contributed by atoms with Crippen molar-refractivity contribution in [2.45, 2.75) is 26.7 Å². The maximum absolute atomic E-state index is 12.3. The van der Waals surface area contributed by atoms with Crippen molar-refractivity contribution in [2.75, 3.05) is 32.9 Å². The molecule has 1 heterocycles. The second-order valence-corrected chi connectivity index (χ2v) is 5.62. The van der Waals surface area contributed by atoms with E-state index in [9.17, 15) is 9.59 Å². The summed E-state index contributed by atoms with van der Waals surface area (Å²) in [4.78, 5) is 25.8. The molecule has 1 aromatic rings. The van der Waals surface area contributed by atoms with E-state index in [1.54, 1.807) is 36.1 Å². The number of likely N-dealkylation sites (tertiary alicyclic amines) is 1. The van der Waals surface area contributed by atoms with Crippen LogP contribution in [0.25, 0.3) is 0 Å². The predicted octanol–water partition coefficient (Wildman–Crippen LogP) is 2.27. The maximum atomic E-state index is 12.3. The van der Waals surface area contributed by atoms with Crippen LogP contribution < -0.4 is 9.47 Å². The third-order valence-electron chi connectivity index (χ3n) is 3.89. The van der Waals surface area contributed by atoms with E-state index in [-0.39, 0.29) is 24.4 Å². The zero-order chi connectivity index (χ0) is 17.4. The smallest absolute Gasteiger partial charge is 0.310 e. The van der Waals surface area contributed by atoms with Crippen LogP contribution in [0.2, 0.25) is 0 Å². The summed E-state index contributed by atoms with van der Waals surface area (Å²) in [6.45, 7) is 5.70. The summed E-state index contributed by atoms with van der Waals surface area (Å²) in [7, 11) is 0. The van der Waals surface area contributed by atoms with Gasteiger partial charge in [-0.3, -0.25) is 9.59 Å². The van der Waals surface area contributed by atoms with E-state index in [1.807, 2.05) is 6.92 Å². The highest BCUT2D eigenvalue weighted by molar-refractivity contribution is 5.79. The summed E-state index contributed by atoms with van der Waals surface area (Å²) in [5, 5.41) is 0. The number of hydrogen-bond acceptors (Lipinski definition) is 5. The number of amides is 1. The van der Waals surface area contributed by atoms with E-state index < -0.39 is 0 Å². The second-order valence-electron chi connectivity index (χ2n) is 5.62. The van der Waals surface area contributed by atoms with Gasteiger partial charge in [-0.15, -0.1) is 0 Å². The number of rotatable bonds is 7. The van der Waals surface area contributed by atoms with Crippen molar-refractivity contribution in [3.8, 4) is 11.5 Å². The highest BCUT2D eigenvalue weighted by atomic mass is 16.5. The molecule has 0 bridgehead atoms. The molecule has 1 saturated heterocycles. The van der Waals surface area contributed by atoms with Gasteiger partial charge in [0.15, 0.2) is 6.61 Å². The Morgan fingerprint density at radius 3 is 2.38 bits per heavy atom. The van der Waals surface area contributed by atoms with E-state index in [4.69, 9.17) is 14.2 Å². The molecule has 0 aliphatic carbocycles. The Bertz CT molecular complexity index is 543. The van der Waals surface area contributed by atoms with Crippen molar-refractivity contribution in [1.82, 2.24) is 4.90 Å². The lowest BCUT2D eigenvalue weighted by molar-refractivity contribution is -0.151. The standard InChI is InChI=1S/C18H25NO5/c1-3-22-15-7-9-16(10-8-15)24-13-17(20)19-11-5-6-14(12-19)18(21)23-4-2/h7-10,14H,3-6,11-13H2,1-2H3/t14-/m1/s1. The van der Waals surface area contributed by atoms with Gasteiger partial charge in [-0.05, 0) is 51.0 Å². The van der Waals surface area contributed by atoms with Gasteiger partial charge >= 0.3 is 5.97 Å². The fourth-order valence-corrected chi connectivity index (χ4v) is 2.69. The van der Waals surface area contributed by atoms with Gasteiger partial charge in [0.25, 0.3) is 5.91 Å². The minimum atomic E-state index is -0.229. The molecule has 6 nitrogen and oxygen atoms in total. The number of carbonyl (C=O) groups excluding carboxylic acids is 2. The Morgan fingerprint density at radius 2 is 1.75 bits per heavy atom. The van der Waals surface area contributed by atoms with Crippen LogP contribution in [0.4, 0.5) is 0 Å². The van der Waals surface area contributed by atoms with Crippen molar-refractivity contribution in [3.05, 3.63) is 24.3 Å². The lowest BCUT2D eigenvalue weighted by Gasteiger charge is -2.31. The maximum Gasteiger partial charge on any atom is 0.310 e. The van der Waals surface area contributed by atoms with Crippen LogP contribution >= 0.6 is 0 Å². The average molecular weight is 335 g/mol. The zero-order valence-electron chi connectivity index (χ0n) is 14.3. The molecule has 0 radical (unpaired) electrons. The Kier molecular flexibility index (Phi) is 6.90. The zero-order valence-corrected chi connectivity index (χ0v) is 14.3. The molecule has 0 N–H and O–H groups in total. The van der Waals surface area contributed by atoms with Gasteiger partial charge in [-0.2, -0.15) is 0 Å². The Labute approximate surface area is 142 Å². The molecule has 1 aromatic carbocycles. The lowest BCUT2D eigenvalue weighted by atomic mass is 9.98. The lowest BCUT2D eigenvalue weighted by Crippen LogP contribution is -2.44. The first kappa shape index (κ1) is 18.1. The molecule has 1 amide bonds. The number of carbonyl (C=O) groups is 2. The van der Waals surface area contributed by atoms with Crippen molar-refractivity contribution in [1.29, 1.82) is 0 Å². The Hall–Kier alpha value is -2.24. The Morgan fingerprint density at radius 1 is 1.08 bits per heavy atom. The third-order valence-corrected chi connectivity index (χ3v) is 3.89. The summed E-state index contributed by atoms with van der Waals surface area (Å²) in [5.74, 6) is 0.823. The minimum absolute atomic E-state index is 0.0382. The van der Waals surface area contributed by atoms with Crippen LogP contribution in [0.15, 0.2) is 24.3 Å². The summed E-state index contributed by atoms with van der Waals surface area (Å²) in [5.41, 5.74) is 0. The normalized spacial score (nSPS) is 17.2. The van der Waals surface area contributed by atoms with Crippen molar-refractivity contribution in [3.63, 3.8) is 0 Å². The van der Waals surface area contributed by atoms with Crippen LogP contribution in [0.3, 0.4) is 0 Å². The average Bonchev–Trinajstić information content (AvgIpc) is 2.61. The van der Waals surface area contributed by atoms with Crippen LogP contribution in [-0.2, 0) is 14.3 Å². The van der Waals surface area contributed by atoms with E-state index >= 15 is 0 Å². The minimum Gasteiger partial charge on any atom is -0.494 e. The van der Waals surface area contributed by atoms with Crippen LogP contribution in [0.1, 0.15) is 26.7 Å². The van der Waals surface area contributed by atoms with Crippen LogP contribution in [0, 0.1) is 5.92 Å². The summed E-state index contributed by atoms with van der Waals surface area (Å²) >= 11 is 0. The van der Waals surface area contributed by atoms with Crippen molar-refractivity contribution >= 4 is 11.9 Å². The first-order chi connectivity index (χ1) is 11.6. The number of ether oxygens (including phenoxy) is 3. The first-order valence-corrected chi connectivity index (χ1v) is 8.44. The van der Waals surface area contributed by atoms with Gasteiger partial charge in [0.1, 0.15) is 11.5 Å². The number of benzene rings is 1. The molecule has 1 fully saturated rings. The van der Waals surface area contributed by atoms with Crippen molar-refractivity contribution in [2.24, 2.45) is 5.92 Å². The number of piperidine rings is 1. The molecular formula is C18H25NO5. The molecule has 1 aliphatic heterocycles. The fraction of sp³-hybridized carbons (Fsp3) is 0.556. The number of esters is 1. The molecule has 132 valence electrons. The second kappa shape index (κ2) is 9.15. The first-order valence-electron chi connectivity index (χ1n) is 8.44. The monoisotopic (exact) mass is 335 g/mol. The van der Waals surface area contributed by atoms with Gasteiger partial charge in [0.05, 0.1) is 19.1 Å². The largest absolute Gasteiger partial charge is 0.494 e. The van der Waals surface area contributed by atoms with Gasteiger partial charge in [0.2, 0.25) is 0 Å². The Balaban J connectivity index is 1.82. The van der Waals surface area contributed by atoms with Gasteiger partial charge < -0.3 is 19.1 Å². The SMILES string of the molecule is CCOC(=O)[C@@H]1CCCN(C(=O)COc2ccc(OCC)cc2)C1. The van der Waals surface area contributed by atoms with Gasteiger partial charge in [0, 0.05) is 13.1 Å². The molecule has 0 aromatic heterocycles. The summed E-state index contributed by atoms with van der Waals surface area (Å²) in [6.07, 6.45) is 1.57. The number of nitrogens with zero attached hydrogens (tertiary/aromatic N) is 1. The van der Waals surface area contributed by atoms with E-state index in [0.29, 0.717) is 32.1 Å². The van der Waals surface area contributed by atoms with Crippen molar-refractivity contribution < 1.29 is 23.8 Å². The van der Waals surface area contributed by atoms with E-state index in [0.717, 1.165) is 18.6 Å². The molecular weight excluding hydrogens is 310 g/mol. The molecule has 1 aliphatic rings. The summed E-state index contributed by atoms with van der Waals surface area (Å²) in [6, 6.07) is 7.16. The molecule has 0 saturated carbocycles. The summed E-state index contributed by atoms with van der Waals surface area (Å²) < 4.78 is 15.9. The van der Waals surface area contributed by atoms with Crippen LogP contribution in [0.5, 0.6) is 11.5 Å². The molecule has 6 heteroatoms. The number of hydrogen-bond donors (Lipinski definition) is 0. The molecule has 0 spiro atoms. The fourth-order valence-electron chi connectivity index (χ4n) is 2.69.